The molecule has 1 atom stereocenters. The van der Waals surface area contributed by atoms with Gasteiger partial charge < -0.3 is 9.47 Å². The molecule has 1 fully saturated rings. The summed E-state index contributed by atoms with van der Waals surface area (Å²) in [5, 5.41) is 0. The van der Waals surface area contributed by atoms with Crippen molar-refractivity contribution in [1.82, 2.24) is 4.31 Å². The maximum absolute atomic E-state index is 12.4. The molecule has 2 rings (SSSR count). The number of ether oxygens (including phenoxy) is 2. The van der Waals surface area contributed by atoms with Crippen LogP contribution >= 0.6 is 0 Å². The van der Waals surface area contributed by atoms with Crippen molar-refractivity contribution in [2.75, 3.05) is 21.2 Å². The number of ketones is 1. The number of Topliss-reactive ketones (excluding diaryl/α,β-unsaturated/α-hetero) is 1. The number of sulfonamides is 1. The maximum atomic E-state index is 12.4. The second-order valence-corrected chi connectivity index (χ2v) is 7.88. The number of benzene rings is 1. The summed E-state index contributed by atoms with van der Waals surface area (Å²) in [6.45, 7) is 0. The fourth-order valence-corrected chi connectivity index (χ4v) is 3.55. The van der Waals surface area contributed by atoms with Crippen molar-refractivity contribution in [2.45, 2.75) is 36.7 Å². The van der Waals surface area contributed by atoms with E-state index >= 15 is 0 Å². The summed E-state index contributed by atoms with van der Waals surface area (Å²) in [5.41, 5.74) is 0.0644. The lowest BCUT2D eigenvalue weighted by molar-refractivity contribution is -0.129. The summed E-state index contributed by atoms with van der Waals surface area (Å²) < 4.78 is 36.1. The predicted octanol–water partition coefficient (Wildman–Crippen LogP) is 1.61. The van der Waals surface area contributed by atoms with Gasteiger partial charge in [0.2, 0.25) is 10.0 Å². The molecule has 0 N–H and O–H groups in total. The Morgan fingerprint density at radius 3 is 2.54 bits per heavy atom. The molecule has 7 nitrogen and oxygen atoms in total. The van der Waals surface area contributed by atoms with Gasteiger partial charge in [0.1, 0.15) is 10.6 Å². The topological polar surface area (TPSA) is 90.0 Å². The summed E-state index contributed by atoms with van der Waals surface area (Å²) in [4.78, 5) is 23.9. The Kier molecular flexibility index (Phi) is 5.61. The van der Waals surface area contributed by atoms with E-state index in [0.29, 0.717) is 12.8 Å². The lowest BCUT2D eigenvalue weighted by atomic mass is 9.96. The van der Waals surface area contributed by atoms with Gasteiger partial charge in [0.15, 0.2) is 11.9 Å². The number of nitrogens with zero attached hydrogens (tertiary/aromatic N) is 1. The SMILES string of the molecule is COc1ccc(C(=O)O[C@@H]2CCCCC2=O)cc1S(=O)(=O)N(C)C. The third-order valence-corrected chi connectivity index (χ3v) is 5.74. The van der Waals surface area contributed by atoms with Crippen LogP contribution in [0.4, 0.5) is 0 Å². The third-order valence-electron chi connectivity index (χ3n) is 3.91. The number of hydrogen-bond acceptors (Lipinski definition) is 6. The monoisotopic (exact) mass is 355 g/mol. The molecular weight excluding hydrogens is 334 g/mol. The van der Waals surface area contributed by atoms with Gasteiger partial charge in [-0.2, -0.15) is 0 Å². The van der Waals surface area contributed by atoms with E-state index in [1.165, 1.54) is 39.4 Å². The van der Waals surface area contributed by atoms with E-state index in [-0.39, 0.29) is 22.0 Å². The molecule has 1 saturated carbocycles. The van der Waals surface area contributed by atoms with E-state index < -0.39 is 22.1 Å². The summed E-state index contributed by atoms with van der Waals surface area (Å²) in [6, 6.07) is 4.03. The molecule has 8 heteroatoms. The molecule has 0 aromatic heterocycles. The Bertz CT molecular complexity index is 741. The van der Waals surface area contributed by atoms with E-state index in [9.17, 15) is 18.0 Å². The van der Waals surface area contributed by atoms with E-state index in [1.54, 1.807) is 0 Å². The average Bonchev–Trinajstić information content (AvgIpc) is 2.56. The van der Waals surface area contributed by atoms with Crippen LogP contribution in [-0.4, -0.2) is 51.8 Å². The van der Waals surface area contributed by atoms with Gasteiger partial charge in [-0.3, -0.25) is 4.79 Å². The summed E-state index contributed by atoms with van der Waals surface area (Å²) >= 11 is 0. The van der Waals surface area contributed by atoms with Crippen LogP contribution in [0.15, 0.2) is 23.1 Å². The highest BCUT2D eigenvalue weighted by Crippen LogP contribution is 2.28. The fraction of sp³-hybridized carbons (Fsp3) is 0.500. The summed E-state index contributed by atoms with van der Waals surface area (Å²) in [7, 11) is 0.343. The minimum atomic E-state index is -3.79. The van der Waals surface area contributed by atoms with Crippen molar-refractivity contribution in [3.63, 3.8) is 0 Å². The van der Waals surface area contributed by atoms with Crippen LogP contribution in [0.3, 0.4) is 0 Å². The molecular formula is C16H21NO6S. The molecule has 0 aliphatic heterocycles. The first-order valence-corrected chi connectivity index (χ1v) is 9.05. The van der Waals surface area contributed by atoms with Crippen LogP contribution in [0.5, 0.6) is 5.75 Å². The zero-order chi connectivity index (χ0) is 17.9. The van der Waals surface area contributed by atoms with Gasteiger partial charge in [0.05, 0.1) is 12.7 Å². The highest BCUT2D eigenvalue weighted by molar-refractivity contribution is 7.89. The lowest BCUT2D eigenvalue weighted by Crippen LogP contribution is -2.30. The molecule has 0 heterocycles. The molecule has 0 amide bonds. The number of hydrogen-bond donors (Lipinski definition) is 0. The second-order valence-electron chi connectivity index (χ2n) is 5.76. The largest absolute Gasteiger partial charge is 0.495 e. The molecule has 1 aliphatic rings. The van der Waals surface area contributed by atoms with Crippen molar-refractivity contribution in [1.29, 1.82) is 0 Å². The van der Waals surface area contributed by atoms with Crippen LogP contribution in [0.2, 0.25) is 0 Å². The van der Waals surface area contributed by atoms with Gasteiger partial charge in [0.25, 0.3) is 0 Å². The van der Waals surface area contributed by atoms with Crippen LogP contribution in [0.1, 0.15) is 36.0 Å². The average molecular weight is 355 g/mol. The van der Waals surface area contributed by atoms with Gasteiger partial charge in [-0.25, -0.2) is 17.5 Å². The predicted molar refractivity (Wildman–Crippen MR) is 86.5 cm³/mol. The van der Waals surface area contributed by atoms with Gasteiger partial charge in [0, 0.05) is 20.5 Å². The normalized spacial score (nSPS) is 18.5. The third kappa shape index (κ3) is 3.76. The number of rotatable bonds is 5. The van der Waals surface area contributed by atoms with Gasteiger partial charge >= 0.3 is 5.97 Å². The Balaban J connectivity index is 2.31. The lowest BCUT2D eigenvalue weighted by Gasteiger charge is -2.21. The van der Waals surface area contributed by atoms with E-state index in [1.807, 2.05) is 0 Å². The molecule has 1 aliphatic carbocycles. The van der Waals surface area contributed by atoms with Crippen molar-refractivity contribution in [3.05, 3.63) is 23.8 Å². The zero-order valence-corrected chi connectivity index (χ0v) is 14.8. The van der Waals surface area contributed by atoms with Crippen LogP contribution in [0, 0.1) is 0 Å². The van der Waals surface area contributed by atoms with Crippen LogP contribution in [0.25, 0.3) is 0 Å². The molecule has 0 saturated heterocycles. The van der Waals surface area contributed by atoms with Gasteiger partial charge in [-0.15, -0.1) is 0 Å². The molecule has 0 unspecified atom stereocenters. The standard InChI is InChI=1S/C16H21NO6S/c1-17(2)24(20,21)15-10-11(8-9-14(15)22-3)16(19)23-13-7-5-4-6-12(13)18/h8-10,13H,4-7H2,1-3H3/t13-/m1/s1. The minimum Gasteiger partial charge on any atom is -0.495 e. The number of carbonyl (C=O) groups is 2. The number of carbonyl (C=O) groups excluding carboxylic acids is 2. The molecule has 1 aromatic carbocycles. The first kappa shape index (κ1) is 18.4. The van der Waals surface area contributed by atoms with E-state index in [0.717, 1.165) is 17.1 Å². The fourth-order valence-electron chi connectivity index (χ4n) is 2.47. The van der Waals surface area contributed by atoms with Gasteiger partial charge in [-0.05, 0) is 37.5 Å². The van der Waals surface area contributed by atoms with E-state index in [2.05, 4.69) is 0 Å². The minimum absolute atomic E-state index is 0.0644. The highest BCUT2D eigenvalue weighted by Gasteiger charge is 2.28. The Labute approximate surface area is 141 Å². The number of esters is 1. The quantitative estimate of drug-likeness (QED) is 0.746. The van der Waals surface area contributed by atoms with Crippen LogP contribution in [-0.2, 0) is 19.6 Å². The Hall–Kier alpha value is -1.93. The van der Waals surface area contributed by atoms with E-state index in [4.69, 9.17) is 9.47 Å². The van der Waals surface area contributed by atoms with Crippen molar-refractivity contribution in [3.8, 4) is 5.75 Å². The van der Waals surface area contributed by atoms with Gasteiger partial charge in [-0.1, -0.05) is 0 Å². The maximum Gasteiger partial charge on any atom is 0.338 e. The molecule has 0 radical (unpaired) electrons. The van der Waals surface area contributed by atoms with Crippen molar-refractivity contribution in [2.24, 2.45) is 0 Å². The molecule has 1 aromatic rings. The van der Waals surface area contributed by atoms with Crippen LogP contribution < -0.4 is 4.74 Å². The Morgan fingerprint density at radius 1 is 1.25 bits per heavy atom. The molecule has 132 valence electrons. The molecule has 0 bridgehead atoms. The summed E-state index contributed by atoms with van der Waals surface area (Å²) in [6.07, 6.45) is 1.79. The second kappa shape index (κ2) is 7.31. The highest BCUT2D eigenvalue weighted by atomic mass is 32.2. The first-order chi connectivity index (χ1) is 11.3. The van der Waals surface area contributed by atoms with Crippen molar-refractivity contribution >= 4 is 21.8 Å². The number of methoxy groups -OCH3 is 1. The first-order valence-electron chi connectivity index (χ1n) is 7.61. The smallest absolute Gasteiger partial charge is 0.338 e. The summed E-state index contributed by atoms with van der Waals surface area (Å²) in [5.74, 6) is -0.675. The Morgan fingerprint density at radius 2 is 1.96 bits per heavy atom. The molecule has 0 spiro atoms. The zero-order valence-electron chi connectivity index (χ0n) is 13.9. The molecule has 24 heavy (non-hydrogen) atoms. The van der Waals surface area contributed by atoms with Crippen molar-refractivity contribution < 1.29 is 27.5 Å².